The fraction of sp³-hybridized carbons (Fsp3) is 0.278. The van der Waals surface area contributed by atoms with Crippen LogP contribution in [0.15, 0.2) is 53.5 Å². The van der Waals surface area contributed by atoms with Gasteiger partial charge < -0.3 is 9.64 Å². The molecule has 1 aromatic carbocycles. The first-order chi connectivity index (χ1) is 12.1. The number of rotatable bonds is 6. The van der Waals surface area contributed by atoms with Crippen molar-refractivity contribution in [2.75, 3.05) is 20.2 Å². The van der Waals surface area contributed by atoms with Gasteiger partial charge in [0.05, 0.1) is 6.54 Å². The highest BCUT2D eigenvalue weighted by Crippen LogP contribution is 2.15. The smallest absolute Gasteiger partial charge is 0.350 e. The third kappa shape index (κ3) is 3.71. The SMILES string of the molecule is Cc1ccccc1OCCN(C)C(=O)Cn1nc2ccccn2c1=O. The standard InChI is InChI=1S/C18H20N4O3/c1-14-7-3-4-8-15(14)25-12-11-20(2)17(23)13-22-18(24)21-10-6-5-9-16(21)19-22/h3-10H,11-13H2,1-2H3. The molecule has 3 rings (SSSR count). The lowest BCUT2D eigenvalue weighted by Gasteiger charge is -2.17. The molecule has 3 aromatic rings. The van der Waals surface area contributed by atoms with Crippen LogP contribution >= 0.6 is 0 Å². The van der Waals surface area contributed by atoms with Gasteiger partial charge in [-0.25, -0.2) is 9.48 Å². The van der Waals surface area contributed by atoms with E-state index in [0.717, 1.165) is 11.3 Å². The number of likely N-dealkylation sites (N-methyl/N-ethyl adjacent to an activating group) is 1. The molecule has 0 atom stereocenters. The molecule has 7 nitrogen and oxygen atoms in total. The van der Waals surface area contributed by atoms with E-state index in [0.29, 0.717) is 18.8 Å². The summed E-state index contributed by atoms with van der Waals surface area (Å²) in [6.45, 7) is 2.68. The number of ether oxygens (including phenoxy) is 1. The zero-order chi connectivity index (χ0) is 17.8. The first kappa shape index (κ1) is 16.8. The lowest BCUT2D eigenvalue weighted by atomic mass is 10.2. The number of hydrogen-bond acceptors (Lipinski definition) is 4. The minimum atomic E-state index is -0.325. The third-order valence-electron chi connectivity index (χ3n) is 3.98. The van der Waals surface area contributed by atoms with Gasteiger partial charge in [-0.2, -0.15) is 0 Å². The molecule has 2 heterocycles. The molecule has 0 saturated carbocycles. The van der Waals surface area contributed by atoms with Gasteiger partial charge in [-0.15, -0.1) is 5.10 Å². The highest BCUT2D eigenvalue weighted by Gasteiger charge is 2.14. The second kappa shape index (κ2) is 7.21. The van der Waals surface area contributed by atoms with Gasteiger partial charge in [0.15, 0.2) is 5.65 Å². The zero-order valence-corrected chi connectivity index (χ0v) is 14.3. The first-order valence-electron chi connectivity index (χ1n) is 8.03. The Bertz CT molecular complexity index is 945. The van der Waals surface area contributed by atoms with Crippen molar-refractivity contribution in [2.45, 2.75) is 13.5 Å². The van der Waals surface area contributed by atoms with E-state index in [1.807, 2.05) is 31.2 Å². The fourth-order valence-corrected chi connectivity index (χ4v) is 2.46. The van der Waals surface area contributed by atoms with E-state index in [1.54, 1.807) is 31.4 Å². The van der Waals surface area contributed by atoms with Crippen molar-refractivity contribution in [2.24, 2.45) is 0 Å². The summed E-state index contributed by atoms with van der Waals surface area (Å²) in [5, 5.41) is 4.16. The Morgan fingerprint density at radius 3 is 2.72 bits per heavy atom. The monoisotopic (exact) mass is 340 g/mol. The Balaban J connectivity index is 1.58. The summed E-state index contributed by atoms with van der Waals surface area (Å²) in [4.78, 5) is 26.0. The molecule has 2 aromatic heterocycles. The van der Waals surface area contributed by atoms with Crippen molar-refractivity contribution in [3.63, 3.8) is 0 Å². The normalized spacial score (nSPS) is 10.8. The van der Waals surface area contributed by atoms with Gasteiger partial charge in [0.25, 0.3) is 0 Å². The van der Waals surface area contributed by atoms with Gasteiger partial charge in [0.1, 0.15) is 18.9 Å². The molecule has 0 saturated heterocycles. The molecule has 130 valence electrons. The van der Waals surface area contributed by atoms with Crippen molar-refractivity contribution in [1.82, 2.24) is 19.1 Å². The molecule has 0 spiro atoms. The predicted octanol–water partition coefficient (Wildman–Crippen LogP) is 1.34. The Morgan fingerprint density at radius 2 is 1.96 bits per heavy atom. The molecular formula is C18H20N4O3. The molecule has 0 bridgehead atoms. The van der Waals surface area contributed by atoms with Gasteiger partial charge in [-0.05, 0) is 30.7 Å². The minimum absolute atomic E-state index is 0.0959. The number of para-hydroxylation sites is 1. The summed E-state index contributed by atoms with van der Waals surface area (Å²) in [7, 11) is 1.68. The first-order valence-corrected chi connectivity index (χ1v) is 8.03. The van der Waals surface area contributed by atoms with Crippen LogP contribution in [0.2, 0.25) is 0 Å². The van der Waals surface area contributed by atoms with Crippen molar-refractivity contribution in [3.8, 4) is 5.75 Å². The van der Waals surface area contributed by atoms with E-state index in [2.05, 4.69) is 5.10 Å². The molecule has 0 aliphatic carbocycles. The predicted molar refractivity (Wildman–Crippen MR) is 93.8 cm³/mol. The number of fused-ring (bicyclic) bond motifs is 1. The van der Waals surface area contributed by atoms with E-state index in [4.69, 9.17) is 4.74 Å². The maximum atomic E-state index is 12.3. The summed E-state index contributed by atoms with van der Waals surface area (Å²) < 4.78 is 8.29. The summed E-state index contributed by atoms with van der Waals surface area (Å²) in [6, 6.07) is 13.0. The molecular weight excluding hydrogens is 320 g/mol. The number of nitrogens with zero attached hydrogens (tertiary/aromatic N) is 4. The van der Waals surface area contributed by atoms with Gasteiger partial charge in [0.2, 0.25) is 5.91 Å². The average Bonchev–Trinajstić information content (AvgIpc) is 2.92. The molecule has 7 heteroatoms. The minimum Gasteiger partial charge on any atom is -0.491 e. The second-order valence-electron chi connectivity index (χ2n) is 5.80. The van der Waals surface area contributed by atoms with E-state index < -0.39 is 0 Å². The molecule has 0 fully saturated rings. The maximum Gasteiger partial charge on any atom is 0.350 e. The average molecular weight is 340 g/mol. The van der Waals surface area contributed by atoms with E-state index in [-0.39, 0.29) is 18.1 Å². The zero-order valence-electron chi connectivity index (χ0n) is 14.3. The molecule has 1 amide bonds. The summed E-state index contributed by atoms with van der Waals surface area (Å²) in [6.07, 6.45) is 1.63. The number of carbonyl (C=O) groups is 1. The van der Waals surface area contributed by atoms with Crippen molar-refractivity contribution in [1.29, 1.82) is 0 Å². The van der Waals surface area contributed by atoms with Crippen LogP contribution < -0.4 is 10.4 Å². The van der Waals surface area contributed by atoms with Crippen LogP contribution in [0.25, 0.3) is 5.65 Å². The third-order valence-corrected chi connectivity index (χ3v) is 3.98. The van der Waals surface area contributed by atoms with Crippen LogP contribution in [0.3, 0.4) is 0 Å². The molecule has 25 heavy (non-hydrogen) atoms. The van der Waals surface area contributed by atoms with Gasteiger partial charge in [0, 0.05) is 13.2 Å². The number of carbonyl (C=O) groups excluding carboxylic acids is 1. The largest absolute Gasteiger partial charge is 0.491 e. The van der Waals surface area contributed by atoms with Crippen LogP contribution in [0, 0.1) is 6.92 Å². The van der Waals surface area contributed by atoms with Gasteiger partial charge in [-0.1, -0.05) is 24.3 Å². The topological polar surface area (TPSA) is 68.8 Å². The highest BCUT2D eigenvalue weighted by atomic mass is 16.5. The van der Waals surface area contributed by atoms with Crippen LogP contribution in [0.5, 0.6) is 5.75 Å². The Labute approximate surface area is 145 Å². The lowest BCUT2D eigenvalue weighted by molar-refractivity contribution is -0.131. The number of aromatic nitrogens is 3. The van der Waals surface area contributed by atoms with E-state index >= 15 is 0 Å². The Morgan fingerprint density at radius 1 is 1.20 bits per heavy atom. The highest BCUT2D eigenvalue weighted by molar-refractivity contribution is 5.75. The number of pyridine rings is 1. The number of aryl methyl sites for hydroxylation is 1. The second-order valence-corrected chi connectivity index (χ2v) is 5.80. The number of benzene rings is 1. The van der Waals surface area contributed by atoms with Crippen molar-refractivity contribution >= 4 is 11.6 Å². The Hall–Kier alpha value is -3.09. The van der Waals surface area contributed by atoms with E-state index in [9.17, 15) is 9.59 Å². The summed E-state index contributed by atoms with van der Waals surface area (Å²) in [5.74, 6) is 0.610. The number of amides is 1. The quantitative estimate of drug-likeness (QED) is 0.679. The summed E-state index contributed by atoms with van der Waals surface area (Å²) >= 11 is 0. The number of hydrogen-bond donors (Lipinski definition) is 0. The molecule has 0 N–H and O–H groups in total. The van der Waals surface area contributed by atoms with Gasteiger partial charge in [-0.3, -0.25) is 9.20 Å². The van der Waals surface area contributed by atoms with Crippen molar-refractivity contribution in [3.05, 3.63) is 64.7 Å². The fourth-order valence-electron chi connectivity index (χ4n) is 2.46. The van der Waals surface area contributed by atoms with Crippen LogP contribution in [-0.4, -0.2) is 45.2 Å². The van der Waals surface area contributed by atoms with Crippen LogP contribution in [-0.2, 0) is 11.3 Å². The molecule has 0 radical (unpaired) electrons. The molecule has 0 aliphatic heterocycles. The summed E-state index contributed by atoms with van der Waals surface area (Å²) in [5.41, 5.74) is 1.24. The Kier molecular flexibility index (Phi) is 4.83. The molecule has 0 unspecified atom stereocenters. The van der Waals surface area contributed by atoms with Crippen molar-refractivity contribution < 1.29 is 9.53 Å². The van der Waals surface area contributed by atoms with Gasteiger partial charge >= 0.3 is 5.69 Å². The maximum absolute atomic E-state index is 12.3. The lowest BCUT2D eigenvalue weighted by Crippen LogP contribution is -2.36. The molecule has 0 aliphatic rings. The van der Waals surface area contributed by atoms with Crippen LogP contribution in [0.1, 0.15) is 5.56 Å². The van der Waals surface area contributed by atoms with Crippen LogP contribution in [0.4, 0.5) is 0 Å². The van der Waals surface area contributed by atoms with E-state index in [1.165, 1.54) is 14.0 Å².